The van der Waals surface area contributed by atoms with Gasteiger partial charge in [0.25, 0.3) is 0 Å². The molecule has 2 fully saturated rings. The van der Waals surface area contributed by atoms with Gasteiger partial charge < -0.3 is 19.3 Å². The molecule has 27 heavy (non-hydrogen) atoms. The lowest BCUT2D eigenvalue weighted by atomic mass is 9.95. The van der Waals surface area contributed by atoms with E-state index in [9.17, 15) is 9.59 Å². The van der Waals surface area contributed by atoms with Crippen LogP contribution in [0.25, 0.3) is 6.08 Å². The van der Waals surface area contributed by atoms with E-state index >= 15 is 0 Å². The first-order valence-electron chi connectivity index (χ1n) is 9.25. The van der Waals surface area contributed by atoms with Crippen LogP contribution in [0.2, 0.25) is 5.02 Å². The normalized spacial score (nSPS) is 18.7. The van der Waals surface area contributed by atoms with Gasteiger partial charge in [-0.05, 0) is 37.1 Å². The maximum atomic E-state index is 12.6. The summed E-state index contributed by atoms with van der Waals surface area (Å²) in [6.45, 7) is 3.75. The zero-order valence-electron chi connectivity index (χ0n) is 15.5. The summed E-state index contributed by atoms with van der Waals surface area (Å²) in [4.78, 5) is 28.7. The quantitative estimate of drug-likeness (QED) is 0.738. The molecule has 2 aliphatic heterocycles. The van der Waals surface area contributed by atoms with Gasteiger partial charge in [0.15, 0.2) is 0 Å². The first-order valence-corrected chi connectivity index (χ1v) is 9.63. The summed E-state index contributed by atoms with van der Waals surface area (Å²) >= 11 is 6.02. The highest BCUT2D eigenvalue weighted by atomic mass is 35.5. The van der Waals surface area contributed by atoms with Crippen LogP contribution < -0.4 is 4.74 Å². The lowest BCUT2D eigenvalue weighted by Gasteiger charge is -2.35. The van der Waals surface area contributed by atoms with Crippen molar-refractivity contribution in [2.75, 3.05) is 46.5 Å². The van der Waals surface area contributed by atoms with E-state index < -0.39 is 0 Å². The second-order valence-corrected chi connectivity index (χ2v) is 7.19. The molecule has 2 amide bonds. The largest absolute Gasteiger partial charge is 0.496 e. The molecule has 0 aromatic heterocycles. The summed E-state index contributed by atoms with van der Waals surface area (Å²) in [5.74, 6) is 0.807. The minimum atomic E-state index is -0.0608. The third-order valence-electron chi connectivity index (χ3n) is 5.08. The Bertz CT molecular complexity index is 708. The van der Waals surface area contributed by atoms with Crippen LogP contribution >= 0.6 is 11.6 Å². The number of rotatable bonds is 4. The predicted octanol–water partition coefficient (Wildman–Crippen LogP) is 2.46. The molecule has 6 nitrogen and oxygen atoms in total. The molecule has 1 aromatic rings. The van der Waals surface area contributed by atoms with Crippen molar-refractivity contribution in [1.82, 2.24) is 9.80 Å². The van der Waals surface area contributed by atoms with Gasteiger partial charge in [0.1, 0.15) is 5.75 Å². The molecule has 0 aliphatic carbocycles. The van der Waals surface area contributed by atoms with Crippen molar-refractivity contribution in [2.45, 2.75) is 12.8 Å². The standard InChI is InChI=1S/C20H25ClN2O4/c1-26-18-4-3-17(21)14-16(18)2-5-19(24)22-8-6-15(7-9-22)20(25)23-10-12-27-13-11-23/h2-5,14-15H,6-13H2,1H3. The third kappa shape index (κ3) is 5.02. The maximum absolute atomic E-state index is 12.6. The van der Waals surface area contributed by atoms with E-state index in [0.717, 1.165) is 5.56 Å². The van der Waals surface area contributed by atoms with Gasteiger partial charge >= 0.3 is 0 Å². The van der Waals surface area contributed by atoms with Gasteiger partial charge in [-0.1, -0.05) is 11.6 Å². The number of hydrogen-bond acceptors (Lipinski definition) is 4. The van der Waals surface area contributed by atoms with Crippen LogP contribution in [0.15, 0.2) is 24.3 Å². The van der Waals surface area contributed by atoms with Crippen LogP contribution in [0.1, 0.15) is 18.4 Å². The van der Waals surface area contributed by atoms with Crippen LogP contribution in [0.5, 0.6) is 5.75 Å². The summed E-state index contributed by atoms with van der Waals surface area (Å²) < 4.78 is 10.6. The lowest BCUT2D eigenvalue weighted by molar-refractivity contribution is -0.142. The zero-order valence-corrected chi connectivity index (χ0v) is 16.3. The van der Waals surface area contributed by atoms with E-state index in [4.69, 9.17) is 21.1 Å². The first-order chi connectivity index (χ1) is 13.1. The predicted molar refractivity (Wildman–Crippen MR) is 104 cm³/mol. The van der Waals surface area contributed by atoms with Gasteiger partial charge in [0.05, 0.1) is 20.3 Å². The molecular formula is C20H25ClN2O4. The summed E-state index contributed by atoms with van der Waals surface area (Å²) in [7, 11) is 1.58. The van der Waals surface area contributed by atoms with Gasteiger partial charge in [0.2, 0.25) is 11.8 Å². The van der Waals surface area contributed by atoms with Crippen molar-refractivity contribution < 1.29 is 19.1 Å². The smallest absolute Gasteiger partial charge is 0.246 e. The number of amides is 2. The maximum Gasteiger partial charge on any atom is 0.246 e. The first kappa shape index (κ1) is 19.7. The number of nitrogens with zero attached hydrogens (tertiary/aromatic N) is 2. The molecule has 0 radical (unpaired) electrons. The molecular weight excluding hydrogens is 368 g/mol. The molecule has 0 spiro atoms. The minimum absolute atomic E-state index is 0.00385. The molecule has 0 unspecified atom stereocenters. The monoisotopic (exact) mass is 392 g/mol. The highest BCUT2D eigenvalue weighted by Crippen LogP contribution is 2.24. The number of hydrogen-bond donors (Lipinski definition) is 0. The van der Waals surface area contributed by atoms with Gasteiger partial charge in [-0.15, -0.1) is 0 Å². The number of carbonyl (C=O) groups excluding carboxylic acids is 2. The second kappa shape index (κ2) is 9.24. The Morgan fingerprint density at radius 1 is 1.15 bits per heavy atom. The number of morpholine rings is 1. The summed E-state index contributed by atoms with van der Waals surface area (Å²) in [5.41, 5.74) is 0.760. The number of benzene rings is 1. The minimum Gasteiger partial charge on any atom is -0.496 e. The lowest BCUT2D eigenvalue weighted by Crippen LogP contribution is -2.47. The Balaban J connectivity index is 1.54. The van der Waals surface area contributed by atoms with E-state index in [1.807, 2.05) is 4.90 Å². The van der Waals surface area contributed by atoms with Crippen molar-refractivity contribution in [3.05, 3.63) is 34.9 Å². The molecule has 0 bridgehead atoms. The van der Waals surface area contributed by atoms with Crippen molar-refractivity contribution in [3.8, 4) is 5.75 Å². The molecule has 7 heteroatoms. The molecule has 3 rings (SSSR count). The number of piperidine rings is 1. The number of likely N-dealkylation sites (tertiary alicyclic amines) is 1. The Hall–Kier alpha value is -2.05. The molecule has 2 aliphatic rings. The highest BCUT2D eigenvalue weighted by Gasteiger charge is 2.30. The fourth-order valence-electron chi connectivity index (χ4n) is 3.49. The molecule has 2 saturated heterocycles. The SMILES string of the molecule is COc1ccc(Cl)cc1C=CC(=O)N1CCC(C(=O)N2CCOCC2)CC1. The summed E-state index contributed by atoms with van der Waals surface area (Å²) in [5, 5.41) is 0.588. The van der Waals surface area contributed by atoms with Crippen molar-refractivity contribution in [2.24, 2.45) is 5.92 Å². The van der Waals surface area contributed by atoms with E-state index in [1.54, 1.807) is 36.3 Å². The van der Waals surface area contributed by atoms with Crippen LogP contribution in [-0.4, -0.2) is 68.1 Å². The number of halogens is 1. The molecule has 0 atom stereocenters. The summed E-state index contributed by atoms with van der Waals surface area (Å²) in [6, 6.07) is 5.28. The molecule has 2 heterocycles. The summed E-state index contributed by atoms with van der Waals surface area (Å²) in [6.07, 6.45) is 4.67. The van der Waals surface area contributed by atoms with Crippen molar-refractivity contribution >= 4 is 29.5 Å². The fraction of sp³-hybridized carbons (Fsp3) is 0.500. The average Bonchev–Trinajstić information content (AvgIpc) is 2.72. The number of carbonyl (C=O) groups is 2. The Kier molecular flexibility index (Phi) is 6.74. The zero-order chi connectivity index (χ0) is 19.2. The Labute approximate surface area is 164 Å². The van der Waals surface area contributed by atoms with Crippen LogP contribution in [0.4, 0.5) is 0 Å². The van der Waals surface area contributed by atoms with Crippen LogP contribution in [0, 0.1) is 5.92 Å². The topological polar surface area (TPSA) is 59.1 Å². The molecule has 0 saturated carbocycles. The van der Waals surface area contributed by atoms with E-state index in [1.165, 1.54) is 6.08 Å². The van der Waals surface area contributed by atoms with Crippen LogP contribution in [0.3, 0.4) is 0 Å². The Morgan fingerprint density at radius 3 is 2.52 bits per heavy atom. The van der Waals surface area contributed by atoms with E-state index in [2.05, 4.69) is 0 Å². The van der Waals surface area contributed by atoms with Gasteiger partial charge in [-0.25, -0.2) is 0 Å². The number of methoxy groups -OCH3 is 1. The van der Waals surface area contributed by atoms with Crippen molar-refractivity contribution in [3.63, 3.8) is 0 Å². The van der Waals surface area contributed by atoms with Gasteiger partial charge in [-0.3, -0.25) is 9.59 Å². The number of ether oxygens (including phenoxy) is 2. The molecule has 1 aromatic carbocycles. The van der Waals surface area contributed by atoms with E-state index in [0.29, 0.717) is 63.0 Å². The average molecular weight is 393 g/mol. The second-order valence-electron chi connectivity index (χ2n) is 6.76. The van der Waals surface area contributed by atoms with Gasteiger partial charge in [-0.2, -0.15) is 0 Å². The third-order valence-corrected chi connectivity index (χ3v) is 5.31. The fourth-order valence-corrected chi connectivity index (χ4v) is 3.67. The van der Waals surface area contributed by atoms with Gasteiger partial charge in [0, 0.05) is 48.8 Å². The molecule has 0 N–H and O–H groups in total. The highest BCUT2D eigenvalue weighted by molar-refractivity contribution is 6.30. The van der Waals surface area contributed by atoms with Crippen LogP contribution in [-0.2, 0) is 14.3 Å². The Morgan fingerprint density at radius 2 is 1.85 bits per heavy atom. The van der Waals surface area contributed by atoms with Crippen molar-refractivity contribution in [1.29, 1.82) is 0 Å². The van der Waals surface area contributed by atoms with E-state index in [-0.39, 0.29) is 17.7 Å². The molecule has 146 valence electrons.